The molecule has 328 valence electrons. The Morgan fingerprint density at radius 3 is 1.85 bits per heavy atom. The van der Waals surface area contributed by atoms with Gasteiger partial charge in [-0.3, -0.25) is 9.97 Å². The number of benzene rings is 9. The molecule has 4 nitrogen and oxygen atoms in total. The van der Waals surface area contributed by atoms with Crippen molar-refractivity contribution in [3.8, 4) is 62.0 Å². The predicted molar refractivity (Wildman–Crippen MR) is 288 cm³/mol. The number of aromatic nitrogens is 3. The van der Waals surface area contributed by atoms with Gasteiger partial charge in [0.15, 0.2) is 0 Å². The highest BCUT2D eigenvalue weighted by Crippen LogP contribution is 2.67. The molecule has 4 aliphatic rings. The van der Waals surface area contributed by atoms with Gasteiger partial charge in [-0.2, -0.15) is 0 Å². The van der Waals surface area contributed by atoms with Crippen LogP contribution in [0.4, 0.5) is 0 Å². The first-order valence-corrected chi connectivity index (χ1v) is 25.2. The summed E-state index contributed by atoms with van der Waals surface area (Å²) in [5.74, 6) is 1.69. The van der Waals surface area contributed by atoms with Crippen LogP contribution in [0.15, 0.2) is 225 Å². The number of rotatable bonds is 2. The fraction of sp³-hybridized carbons (Fsp3) is 0.0303. The number of hydrogen-bond donors (Lipinski definition) is 0. The molecule has 9 aromatic carbocycles. The molecule has 17 rings (SSSR count). The van der Waals surface area contributed by atoms with Crippen molar-refractivity contribution in [2.24, 2.45) is 0 Å². The lowest BCUT2D eigenvalue weighted by molar-refractivity contribution is 0.435. The number of nitrogens with zero attached hydrogens (tertiary/aromatic N) is 3. The van der Waals surface area contributed by atoms with Gasteiger partial charge in [0.05, 0.1) is 33.3 Å². The number of ether oxygens (including phenoxy) is 1. The van der Waals surface area contributed by atoms with Gasteiger partial charge in [-0.1, -0.05) is 152 Å². The van der Waals surface area contributed by atoms with Crippen molar-refractivity contribution >= 4 is 53.3 Å². The van der Waals surface area contributed by atoms with Crippen molar-refractivity contribution in [3.05, 3.63) is 269 Å². The summed E-state index contributed by atoms with van der Waals surface area (Å²) in [5.41, 5.74) is 20.8. The molecule has 4 aromatic heterocycles. The van der Waals surface area contributed by atoms with E-state index < -0.39 is 10.8 Å². The molecule has 0 N–H and O–H groups in total. The van der Waals surface area contributed by atoms with Gasteiger partial charge in [0.25, 0.3) is 0 Å². The first-order chi connectivity index (χ1) is 35.2. The second-order valence-corrected chi connectivity index (χ2v) is 20.6. The Morgan fingerprint density at radius 1 is 0.394 bits per heavy atom. The highest BCUT2D eigenvalue weighted by molar-refractivity contribution is 7.26. The molecule has 0 saturated heterocycles. The van der Waals surface area contributed by atoms with Crippen molar-refractivity contribution in [1.82, 2.24) is 14.5 Å². The molecule has 0 saturated carbocycles. The molecule has 1 unspecified atom stereocenters. The maximum atomic E-state index is 7.25. The molecule has 71 heavy (non-hydrogen) atoms. The van der Waals surface area contributed by atoms with Gasteiger partial charge < -0.3 is 9.30 Å². The van der Waals surface area contributed by atoms with Crippen LogP contribution >= 0.6 is 11.3 Å². The van der Waals surface area contributed by atoms with Gasteiger partial charge in [0, 0.05) is 71.3 Å². The van der Waals surface area contributed by atoms with Crippen LogP contribution in [-0.4, -0.2) is 14.5 Å². The molecule has 0 fully saturated rings. The fourth-order valence-corrected chi connectivity index (χ4v) is 14.8. The molecule has 0 amide bonds. The summed E-state index contributed by atoms with van der Waals surface area (Å²) in [6.07, 6.45) is 3.96. The fourth-order valence-electron chi connectivity index (χ4n) is 13.7. The van der Waals surface area contributed by atoms with E-state index in [9.17, 15) is 0 Å². The van der Waals surface area contributed by atoms with E-state index in [1.807, 2.05) is 17.5 Å². The van der Waals surface area contributed by atoms with E-state index >= 15 is 0 Å². The number of pyridine rings is 2. The van der Waals surface area contributed by atoms with Gasteiger partial charge in [-0.15, -0.1) is 11.3 Å². The molecule has 5 heteroatoms. The standard InChI is InChI=1S/C66H37N3OS/c1-2-15-40(16-3-1)69-56-34-38(28-29-44(56)45-30-31-60-61(64(45)69)46-20-7-13-27-59(46)71-60)39-33-55-63(68-37-39)62-52(25-14-32-67-62)66(55)51-24-11-12-26-57(51)70-58-36-53-47(35-54(58)66)43-19-6-10-23-50(43)65(53)48-21-8-4-17-41(48)42-18-5-9-22-49(42)65/h1-37H. The van der Waals surface area contributed by atoms with E-state index in [-0.39, 0.29) is 0 Å². The summed E-state index contributed by atoms with van der Waals surface area (Å²) in [6.45, 7) is 0. The van der Waals surface area contributed by atoms with Crippen LogP contribution in [0.5, 0.6) is 11.5 Å². The second-order valence-electron chi connectivity index (χ2n) is 19.5. The first kappa shape index (κ1) is 38.0. The molecule has 1 atom stereocenters. The zero-order chi connectivity index (χ0) is 46.2. The predicted octanol–water partition coefficient (Wildman–Crippen LogP) is 16.4. The topological polar surface area (TPSA) is 39.9 Å². The molecule has 5 heterocycles. The SMILES string of the molecule is c1ccc(-n2c3cc(-c4cnc5c(c4)C4(c6ccccc6Oc6cc7c(cc64)-c4ccccc4C74c6ccccc6-c6ccccc64)c4cccnc4-5)ccc3c3ccc4sc5ccccc5c4c32)cc1. The first-order valence-electron chi connectivity index (χ1n) is 24.4. The normalized spacial score (nSPS) is 15.9. The summed E-state index contributed by atoms with van der Waals surface area (Å²) < 4.78 is 12.3. The Labute approximate surface area is 412 Å². The van der Waals surface area contributed by atoms with Crippen LogP contribution in [0.3, 0.4) is 0 Å². The average molecular weight is 920 g/mol. The molecule has 3 aliphatic carbocycles. The lowest BCUT2D eigenvalue weighted by atomic mass is 9.65. The molecule has 13 aromatic rings. The zero-order valence-electron chi connectivity index (χ0n) is 38.0. The third kappa shape index (κ3) is 4.57. The minimum Gasteiger partial charge on any atom is -0.457 e. The van der Waals surface area contributed by atoms with E-state index in [0.717, 1.165) is 67.5 Å². The lowest BCUT2D eigenvalue weighted by Crippen LogP contribution is -2.33. The summed E-state index contributed by atoms with van der Waals surface area (Å²) in [4.78, 5) is 10.6. The zero-order valence-corrected chi connectivity index (χ0v) is 38.8. The Bertz CT molecular complexity index is 4480. The van der Waals surface area contributed by atoms with E-state index in [2.05, 4.69) is 223 Å². The van der Waals surface area contributed by atoms with Gasteiger partial charge in [0.1, 0.15) is 11.5 Å². The maximum absolute atomic E-state index is 7.25. The highest BCUT2D eigenvalue weighted by Gasteiger charge is 2.56. The maximum Gasteiger partial charge on any atom is 0.132 e. The number of thiophene rings is 1. The van der Waals surface area contributed by atoms with E-state index in [0.29, 0.717) is 0 Å². The van der Waals surface area contributed by atoms with Crippen LogP contribution in [0.1, 0.15) is 44.5 Å². The summed E-state index contributed by atoms with van der Waals surface area (Å²) in [6, 6.07) is 78.5. The number of para-hydroxylation sites is 2. The Morgan fingerprint density at radius 2 is 1.04 bits per heavy atom. The van der Waals surface area contributed by atoms with Gasteiger partial charge in [-0.05, 0) is 116 Å². The molecule has 0 bridgehead atoms. The smallest absolute Gasteiger partial charge is 0.132 e. The molecule has 1 aliphatic heterocycles. The minimum atomic E-state index is -0.786. The molecule has 0 radical (unpaired) electrons. The van der Waals surface area contributed by atoms with Crippen LogP contribution in [-0.2, 0) is 10.8 Å². The Kier molecular flexibility index (Phi) is 7.20. The van der Waals surface area contributed by atoms with Crippen LogP contribution in [0, 0.1) is 0 Å². The number of hydrogen-bond acceptors (Lipinski definition) is 4. The third-order valence-corrected chi connectivity index (χ3v) is 17.5. The molecular formula is C66H37N3OS. The summed E-state index contributed by atoms with van der Waals surface area (Å²) in [5, 5.41) is 5.06. The van der Waals surface area contributed by atoms with Crippen molar-refractivity contribution in [3.63, 3.8) is 0 Å². The largest absolute Gasteiger partial charge is 0.457 e. The summed E-state index contributed by atoms with van der Waals surface area (Å²) >= 11 is 1.86. The van der Waals surface area contributed by atoms with E-state index in [1.165, 1.54) is 81.0 Å². The van der Waals surface area contributed by atoms with E-state index in [1.54, 1.807) is 0 Å². The lowest BCUT2D eigenvalue weighted by Gasteiger charge is -2.40. The van der Waals surface area contributed by atoms with Gasteiger partial charge >= 0.3 is 0 Å². The van der Waals surface area contributed by atoms with Crippen LogP contribution < -0.4 is 4.74 Å². The van der Waals surface area contributed by atoms with Crippen LogP contribution in [0.25, 0.3) is 92.4 Å². The highest BCUT2D eigenvalue weighted by atomic mass is 32.1. The summed E-state index contributed by atoms with van der Waals surface area (Å²) in [7, 11) is 0. The third-order valence-electron chi connectivity index (χ3n) is 16.4. The van der Waals surface area contributed by atoms with Crippen molar-refractivity contribution < 1.29 is 4.74 Å². The molecular weight excluding hydrogens is 883 g/mol. The minimum absolute atomic E-state index is 0.507. The van der Waals surface area contributed by atoms with Gasteiger partial charge in [-0.25, -0.2) is 0 Å². The van der Waals surface area contributed by atoms with Gasteiger partial charge in [0.2, 0.25) is 0 Å². The molecule has 2 spiro atoms. The number of fused-ring (bicyclic) bond motifs is 26. The van der Waals surface area contributed by atoms with E-state index in [4.69, 9.17) is 14.7 Å². The Balaban J connectivity index is 0.938. The van der Waals surface area contributed by atoms with Crippen molar-refractivity contribution in [2.75, 3.05) is 0 Å². The van der Waals surface area contributed by atoms with Crippen molar-refractivity contribution in [2.45, 2.75) is 10.8 Å². The van der Waals surface area contributed by atoms with Crippen LogP contribution in [0.2, 0.25) is 0 Å². The van der Waals surface area contributed by atoms with Crippen molar-refractivity contribution in [1.29, 1.82) is 0 Å². The Hall–Kier alpha value is -8.90. The monoisotopic (exact) mass is 919 g/mol. The average Bonchev–Trinajstić information content (AvgIpc) is 4.21. The second kappa shape index (κ2) is 13.4. The quantitative estimate of drug-likeness (QED) is 0.173.